The molecule has 0 saturated carbocycles. The minimum absolute atomic E-state index is 0.0662. The summed E-state index contributed by atoms with van der Waals surface area (Å²) < 4.78 is 16.0. The summed E-state index contributed by atoms with van der Waals surface area (Å²) in [6.07, 6.45) is 1.59. The normalized spacial score (nSPS) is 12.5. The van der Waals surface area contributed by atoms with Crippen LogP contribution < -0.4 is 16.0 Å². The van der Waals surface area contributed by atoms with Gasteiger partial charge in [0.2, 0.25) is 0 Å². The van der Waals surface area contributed by atoms with Gasteiger partial charge in [-0.15, -0.1) is 0 Å². The van der Waals surface area contributed by atoms with Crippen LogP contribution in [-0.2, 0) is 24.1 Å². The first-order chi connectivity index (χ1) is 15.4. The maximum Gasteiger partial charge on any atom is 0.332 e. The molecule has 0 fully saturated rings. The third kappa shape index (κ3) is 4.95. The summed E-state index contributed by atoms with van der Waals surface area (Å²) in [5.41, 5.74) is 0.924. The smallest absolute Gasteiger partial charge is 0.332 e. The number of fused-ring (bicyclic) bond motifs is 1. The van der Waals surface area contributed by atoms with E-state index < -0.39 is 8.32 Å². The average molecular weight is 493 g/mol. The highest BCUT2D eigenvalue weighted by atomic mass is 35.5. The van der Waals surface area contributed by atoms with Crippen LogP contribution in [-0.4, -0.2) is 40.7 Å². The van der Waals surface area contributed by atoms with E-state index in [9.17, 15) is 9.59 Å². The monoisotopic (exact) mass is 492 g/mol. The van der Waals surface area contributed by atoms with Crippen LogP contribution in [0.25, 0.3) is 11.2 Å². The van der Waals surface area contributed by atoms with Crippen molar-refractivity contribution in [2.75, 3.05) is 13.7 Å². The Morgan fingerprint density at radius 1 is 1.15 bits per heavy atom. The Hall–Kier alpha value is -2.36. The molecule has 0 amide bonds. The predicted octanol–water partition coefficient (Wildman–Crippen LogP) is 4.11. The largest absolute Gasteiger partial charge is 0.495 e. The van der Waals surface area contributed by atoms with Crippen LogP contribution in [0.4, 0.5) is 0 Å². The van der Waals surface area contributed by atoms with Gasteiger partial charge in [-0.2, -0.15) is 0 Å². The Morgan fingerprint density at radius 3 is 2.42 bits per heavy atom. The highest BCUT2D eigenvalue weighted by Crippen LogP contribution is 2.36. The first-order valence-corrected chi connectivity index (χ1v) is 14.3. The van der Waals surface area contributed by atoms with Crippen molar-refractivity contribution in [3.8, 4) is 5.75 Å². The molecule has 10 heteroatoms. The molecule has 0 unspecified atom stereocenters. The molecule has 0 bridgehead atoms. The summed E-state index contributed by atoms with van der Waals surface area (Å²) in [5, 5.41) is 0.557. The minimum Gasteiger partial charge on any atom is -0.495 e. The lowest BCUT2D eigenvalue weighted by molar-refractivity contribution is 0.270. The van der Waals surface area contributed by atoms with E-state index in [4.69, 9.17) is 20.8 Å². The van der Waals surface area contributed by atoms with Crippen LogP contribution in [0.5, 0.6) is 5.75 Å². The molecule has 0 N–H and O–H groups in total. The predicted molar refractivity (Wildman–Crippen MR) is 134 cm³/mol. The number of benzene rings is 1. The van der Waals surface area contributed by atoms with Crippen LogP contribution in [0.2, 0.25) is 23.2 Å². The molecule has 0 aliphatic rings. The molecule has 2 heterocycles. The van der Waals surface area contributed by atoms with Crippen molar-refractivity contribution < 1.29 is 9.16 Å². The van der Waals surface area contributed by atoms with Crippen LogP contribution in [0.3, 0.4) is 0 Å². The van der Waals surface area contributed by atoms with Gasteiger partial charge in [-0.3, -0.25) is 13.9 Å². The second kappa shape index (κ2) is 9.48. The second-order valence-electron chi connectivity index (χ2n) is 9.61. The number of hydrogen-bond donors (Lipinski definition) is 0. The van der Waals surface area contributed by atoms with Gasteiger partial charge in [0.25, 0.3) is 5.56 Å². The van der Waals surface area contributed by atoms with Gasteiger partial charge < -0.3 is 13.7 Å². The molecular weight excluding hydrogens is 460 g/mol. The molecule has 1 aromatic carbocycles. The number of nitrogens with zero attached hydrogens (tertiary/aromatic N) is 4. The van der Waals surface area contributed by atoms with Crippen molar-refractivity contribution in [1.29, 1.82) is 0 Å². The quantitative estimate of drug-likeness (QED) is 0.442. The van der Waals surface area contributed by atoms with Crippen LogP contribution in [0.15, 0.2) is 34.1 Å². The molecule has 0 aliphatic heterocycles. The molecule has 33 heavy (non-hydrogen) atoms. The molecule has 0 spiro atoms. The van der Waals surface area contributed by atoms with Crippen molar-refractivity contribution in [3.05, 3.63) is 56.0 Å². The maximum atomic E-state index is 13.2. The molecule has 2 aromatic heterocycles. The fourth-order valence-corrected chi connectivity index (χ4v) is 4.77. The third-order valence-electron chi connectivity index (χ3n) is 6.45. The highest BCUT2D eigenvalue weighted by molar-refractivity contribution is 6.74. The van der Waals surface area contributed by atoms with E-state index in [1.807, 2.05) is 6.07 Å². The van der Waals surface area contributed by atoms with Gasteiger partial charge in [0.05, 0.1) is 31.6 Å². The van der Waals surface area contributed by atoms with Crippen molar-refractivity contribution >= 4 is 31.1 Å². The minimum atomic E-state index is -1.97. The van der Waals surface area contributed by atoms with E-state index in [2.05, 4.69) is 38.8 Å². The lowest BCUT2D eigenvalue weighted by atomic mass is 10.2. The zero-order valence-corrected chi connectivity index (χ0v) is 22.2. The molecule has 8 nitrogen and oxygen atoms in total. The van der Waals surface area contributed by atoms with E-state index in [1.165, 1.54) is 4.57 Å². The van der Waals surface area contributed by atoms with Crippen molar-refractivity contribution in [2.45, 2.75) is 65.5 Å². The summed E-state index contributed by atoms with van der Waals surface area (Å²) in [5.74, 6) is 0.583. The van der Waals surface area contributed by atoms with E-state index in [-0.39, 0.29) is 22.8 Å². The zero-order valence-electron chi connectivity index (χ0n) is 20.4. The van der Waals surface area contributed by atoms with E-state index in [0.29, 0.717) is 41.6 Å². The number of halogens is 1. The lowest BCUT2D eigenvalue weighted by Crippen LogP contribution is -2.43. The van der Waals surface area contributed by atoms with Crippen LogP contribution in [0.1, 0.15) is 33.3 Å². The Morgan fingerprint density at radius 2 is 1.85 bits per heavy atom. The Balaban J connectivity index is 2.00. The molecule has 0 aliphatic carbocycles. The molecule has 0 saturated heterocycles. The lowest BCUT2D eigenvalue weighted by Gasteiger charge is -2.36. The van der Waals surface area contributed by atoms with Gasteiger partial charge in [0, 0.05) is 13.1 Å². The summed E-state index contributed by atoms with van der Waals surface area (Å²) in [7, 11) is -0.407. The Kier molecular flexibility index (Phi) is 7.26. The number of rotatable bonds is 8. The molecule has 3 aromatic rings. The molecule has 0 radical (unpaired) electrons. The van der Waals surface area contributed by atoms with Gasteiger partial charge in [0.1, 0.15) is 5.75 Å². The summed E-state index contributed by atoms with van der Waals surface area (Å²) in [6, 6.07) is 5.47. The molecule has 0 atom stereocenters. The third-order valence-corrected chi connectivity index (χ3v) is 11.3. The molecule has 180 valence electrons. The van der Waals surface area contributed by atoms with E-state index in [1.54, 1.807) is 41.6 Å². The number of hydrogen-bond acceptors (Lipinski definition) is 5. The zero-order chi connectivity index (χ0) is 24.6. The Labute approximate surface area is 199 Å². The summed E-state index contributed by atoms with van der Waals surface area (Å²) in [6.45, 7) is 14.0. The first-order valence-electron chi connectivity index (χ1n) is 11.1. The standard InChI is InChI=1S/C23H33ClN4O4Si/c1-8-27-21(29)19-20(28(22(27)30)11-12-32-33(6,7)23(2,3)4)25-15-26(19)14-16-9-10-18(31-5)17(24)13-16/h9-10,13,15H,8,11-12,14H2,1-7H3. The van der Waals surface area contributed by atoms with Crippen LogP contribution in [0, 0.1) is 0 Å². The van der Waals surface area contributed by atoms with Gasteiger partial charge >= 0.3 is 5.69 Å². The van der Waals surface area contributed by atoms with Crippen molar-refractivity contribution in [2.24, 2.45) is 0 Å². The van der Waals surface area contributed by atoms with Gasteiger partial charge in [-0.05, 0) is 42.8 Å². The number of aromatic nitrogens is 4. The second-order valence-corrected chi connectivity index (χ2v) is 14.8. The summed E-state index contributed by atoms with van der Waals surface area (Å²) >= 11 is 6.27. The van der Waals surface area contributed by atoms with Crippen molar-refractivity contribution in [1.82, 2.24) is 18.7 Å². The summed E-state index contributed by atoms with van der Waals surface area (Å²) in [4.78, 5) is 30.7. The first kappa shape index (κ1) is 25.3. The Bertz CT molecular complexity index is 1270. The van der Waals surface area contributed by atoms with Crippen molar-refractivity contribution in [3.63, 3.8) is 0 Å². The number of imidazole rings is 1. The van der Waals surface area contributed by atoms with Gasteiger partial charge in [-0.25, -0.2) is 9.78 Å². The van der Waals surface area contributed by atoms with E-state index >= 15 is 0 Å². The van der Waals surface area contributed by atoms with Crippen LogP contribution >= 0.6 is 11.6 Å². The number of ether oxygens (including phenoxy) is 1. The SMILES string of the molecule is CCn1c(=O)c2c(ncn2Cc2ccc(OC)c(Cl)c2)n(CCO[Si](C)(C)C(C)(C)C)c1=O. The van der Waals surface area contributed by atoms with Gasteiger partial charge in [0.15, 0.2) is 19.5 Å². The fourth-order valence-electron chi connectivity index (χ4n) is 3.45. The van der Waals surface area contributed by atoms with Gasteiger partial charge in [-0.1, -0.05) is 38.4 Å². The molecular formula is C23H33ClN4O4Si. The maximum absolute atomic E-state index is 13.2. The highest BCUT2D eigenvalue weighted by Gasteiger charge is 2.37. The number of methoxy groups -OCH3 is 1. The average Bonchev–Trinajstić information content (AvgIpc) is 3.13. The molecule has 3 rings (SSSR count). The van der Waals surface area contributed by atoms with E-state index in [0.717, 1.165) is 5.56 Å². The fraction of sp³-hybridized carbons (Fsp3) is 0.522. The topological polar surface area (TPSA) is 80.3 Å².